The Morgan fingerprint density at radius 2 is 1.73 bits per heavy atom. The van der Waals surface area contributed by atoms with Crippen LogP contribution in [-0.4, -0.2) is 4.98 Å². The first-order chi connectivity index (χ1) is 7.27. The molecular weight excluding hydrogens is 182 g/mol. The van der Waals surface area contributed by atoms with Crippen molar-refractivity contribution in [3.63, 3.8) is 0 Å². The van der Waals surface area contributed by atoms with E-state index in [2.05, 4.69) is 26.0 Å². The van der Waals surface area contributed by atoms with Crippen molar-refractivity contribution in [1.82, 2.24) is 4.98 Å². The van der Waals surface area contributed by atoms with E-state index in [4.69, 9.17) is 4.98 Å². The van der Waals surface area contributed by atoms with Crippen molar-refractivity contribution in [2.75, 3.05) is 0 Å². The van der Waals surface area contributed by atoms with Crippen LogP contribution in [0.2, 0.25) is 0 Å². The minimum Gasteiger partial charge on any atom is -0.257 e. The third kappa shape index (κ3) is 2.58. The Morgan fingerprint density at radius 1 is 1.00 bits per heavy atom. The molecule has 1 aromatic rings. The Bertz CT molecular complexity index is 328. The first kappa shape index (κ1) is 10.7. The molecule has 1 nitrogen and oxygen atoms in total. The van der Waals surface area contributed by atoms with Crippen molar-refractivity contribution in [2.45, 2.75) is 58.3 Å². The highest BCUT2D eigenvalue weighted by atomic mass is 14.7. The molecule has 82 valence electrons. The zero-order chi connectivity index (χ0) is 10.7. The van der Waals surface area contributed by atoms with E-state index in [0.717, 1.165) is 0 Å². The lowest BCUT2D eigenvalue weighted by Crippen LogP contribution is -2.05. The minimum atomic E-state index is 0.556. The highest BCUT2D eigenvalue weighted by Crippen LogP contribution is 2.21. The summed E-state index contributed by atoms with van der Waals surface area (Å²) in [6, 6.07) is 4.52. The highest BCUT2D eigenvalue weighted by molar-refractivity contribution is 5.25. The van der Waals surface area contributed by atoms with Crippen molar-refractivity contribution in [1.29, 1.82) is 0 Å². The second-order valence-corrected chi connectivity index (χ2v) is 4.91. The Morgan fingerprint density at radius 3 is 2.47 bits per heavy atom. The zero-order valence-corrected chi connectivity index (χ0v) is 9.92. The normalized spacial score (nSPS) is 17.0. The summed E-state index contributed by atoms with van der Waals surface area (Å²) in [7, 11) is 0. The molecule has 1 heteroatoms. The van der Waals surface area contributed by atoms with Crippen LogP contribution < -0.4 is 0 Å². The van der Waals surface area contributed by atoms with Crippen LogP contribution in [0.15, 0.2) is 12.1 Å². The van der Waals surface area contributed by atoms with Gasteiger partial charge in [-0.05, 0) is 43.2 Å². The molecule has 15 heavy (non-hydrogen) atoms. The summed E-state index contributed by atoms with van der Waals surface area (Å²) in [5.41, 5.74) is 4.13. The molecule has 0 N–H and O–H groups in total. The van der Waals surface area contributed by atoms with E-state index in [1.165, 1.54) is 55.5 Å². The third-order valence-electron chi connectivity index (χ3n) is 3.29. The van der Waals surface area contributed by atoms with Crippen LogP contribution in [0.3, 0.4) is 0 Å². The number of rotatable bonds is 1. The van der Waals surface area contributed by atoms with E-state index >= 15 is 0 Å². The summed E-state index contributed by atoms with van der Waals surface area (Å²) in [5.74, 6) is 0.556. The lowest BCUT2D eigenvalue weighted by Gasteiger charge is -2.15. The van der Waals surface area contributed by atoms with Gasteiger partial charge in [-0.1, -0.05) is 32.8 Å². The van der Waals surface area contributed by atoms with E-state index < -0.39 is 0 Å². The maximum absolute atomic E-state index is 4.81. The fraction of sp³-hybridized carbons (Fsp3) is 0.643. The van der Waals surface area contributed by atoms with Gasteiger partial charge in [-0.2, -0.15) is 0 Å². The molecular formula is C14H21N. The van der Waals surface area contributed by atoms with Crippen LogP contribution in [0.4, 0.5) is 0 Å². The Labute approximate surface area is 92.9 Å². The number of aromatic nitrogens is 1. The summed E-state index contributed by atoms with van der Waals surface area (Å²) in [5, 5.41) is 0. The maximum atomic E-state index is 4.81. The highest BCUT2D eigenvalue weighted by Gasteiger charge is 2.10. The molecule has 2 rings (SSSR count). The standard InChI is InChI=1S/C14H21N/c1-11(2)13-10-9-12-7-5-3-4-6-8-14(12)15-13/h9-11H,3-8H2,1-2H3. The summed E-state index contributed by atoms with van der Waals surface area (Å²) in [6.07, 6.45) is 7.87. The van der Waals surface area contributed by atoms with Crippen LogP contribution in [-0.2, 0) is 12.8 Å². The Balaban J connectivity index is 2.27. The second kappa shape index (κ2) is 4.78. The molecule has 1 aromatic heterocycles. The van der Waals surface area contributed by atoms with Crippen molar-refractivity contribution >= 4 is 0 Å². The van der Waals surface area contributed by atoms with Crippen LogP contribution in [0.1, 0.15) is 62.4 Å². The zero-order valence-electron chi connectivity index (χ0n) is 9.92. The Hall–Kier alpha value is -0.850. The number of aryl methyl sites for hydroxylation is 2. The summed E-state index contributed by atoms with van der Waals surface area (Å²) >= 11 is 0. The molecule has 0 atom stereocenters. The molecule has 0 fully saturated rings. The van der Waals surface area contributed by atoms with Gasteiger partial charge in [0.1, 0.15) is 0 Å². The van der Waals surface area contributed by atoms with Gasteiger partial charge >= 0.3 is 0 Å². The molecule has 0 saturated carbocycles. The molecule has 0 bridgehead atoms. The lowest BCUT2D eigenvalue weighted by molar-refractivity contribution is 0.605. The van der Waals surface area contributed by atoms with E-state index in [1.807, 2.05) is 0 Å². The molecule has 0 aliphatic heterocycles. The maximum Gasteiger partial charge on any atom is 0.0438 e. The Kier molecular flexibility index (Phi) is 3.40. The molecule has 0 radical (unpaired) electrons. The van der Waals surface area contributed by atoms with Crippen LogP contribution >= 0.6 is 0 Å². The second-order valence-electron chi connectivity index (χ2n) is 4.91. The van der Waals surface area contributed by atoms with Crippen LogP contribution in [0.25, 0.3) is 0 Å². The van der Waals surface area contributed by atoms with Gasteiger partial charge in [0.05, 0.1) is 0 Å². The molecule has 0 unspecified atom stereocenters. The van der Waals surface area contributed by atoms with Crippen LogP contribution in [0, 0.1) is 0 Å². The summed E-state index contributed by atoms with van der Waals surface area (Å²) in [6.45, 7) is 4.44. The van der Waals surface area contributed by atoms with Crippen molar-refractivity contribution in [3.8, 4) is 0 Å². The van der Waals surface area contributed by atoms with Crippen LogP contribution in [0.5, 0.6) is 0 Å². The minimum absolute atomic E-state index is 0.556. The molecule has 0 saturated heterocycles. The van der Waals surface area contributed by atoms with Gasteiger partial charge in [0.2, 0.25) is 0 Å². The van der Waals surface area contributed by atoms with Gasteiger partial charge in [-0.15, -0.1) is 0 Å². The van der Waals surface area contributed by atoms with Gasteiger partial charge < -0.3 is 0 Å². The molecule has 0 aromatic carbocycles. The van der Waals surface area contributed by atoms with Gasteiger partial charge in [0.15, 0.2) is 0 Å². The van der Waals surface area contributed by atoms with Gasteiger partial charge in [0, 0.05) is 11.4 Å². The summed E-state index contributed by atoms with van der Waals surface area (Å²) < 4.78 is 0. The predicted octanol–water partition coefficient (Wildman–Crippen LogP) is 3.86. The van der Waals surface area contributed by atoms with E-state index in [-0.39, 0.29) is 0 Å². The van der Waals surface area contributed by atoms with Gasteiger partial charge in [0.25, 0.3) is 0 Å². The first-order valence-corrected chi connectivity index (χ1v) is 6.26. The average Bonchev–Trinajstić information content (AvgIpc) is 2.18. The quantitative estimate of drug-likeness (QED) is 0.675. The predicted molar refractivity (Wildman–Crippen MR) is 64.2 cm³/mol. The lowest BCUT2D eigenvalue weighted by atomic mass is 9.96. The van der Waals surface area contributed by atoms with E-state index in [0.29, 0.717) is 5.92 Å². The van der Waals surface area contributed by atoms with Crippen molar-refractivity contribution in [3.05, 3.63) is 29.1 Å². The topological polar surface area (TPSA) is 12.9 Å². The molecule has 0 amide bonds. The number of hydrogen-bond acceptors (Lipinski definition) is 1. The first-order valence-electron chi connectivity index (χ1n) is 6.26. The largest absolute Gasteiger partial charge is 0.257 e. The smallest absolute Gasteiger partial charge is 0.0438 e. The average molecular weight is 203 g/mol. The van der Waals surface area contributed by atoms with Gasteiger partial charge in [-0.3, -0.25) is 4.98 Å². The van der Waals surface area contributed by atoms with Crippen molar-refractivity contribution in [2.24, 2.45) is 0 Å². The third-order valence-corrected chi connectivity index (χ3v) is 3.29. The van der Waals surface area contributed by atoms with Gasteiger partial charge in [-0.25, -0.2) is 0 Å². The molecule has 1 aliphatic rings. The van der Waals surface area contributed by atoms with E-state index in [1.54, 1.807) is 0 Å². The molecule has 1 heterocycles. The van der Waals surface area contributed by atoms with Crippen molar-refractivity contribution < 1.29 is 0 Å². The number of fused-ring (bicyclic) bond motifs is 1. The molecule has 1 aliphatic carbocycles. The molecule has 0 spiro atoms. The number of pyridine rings is 1. The van der Waals surface area contributed by atoms with E-state index in [9.17, 15) is 0 Å². The monoisotopic (exact) mass is 203 g/mol. The fourth-order valence-corrected chi connectivity index (χ4v) is 2.27. The number of hydrogen-bond donors (Lipinski definition) is 0. The fourth-order valence-electron chi connectivity index (χ4n) is 2.27. The number of nitrogens with zero attached hydrogens (tertiary/aromatic N) is 1. The summed E-state index contributed by atoms with van der Waals surface area (Å²) in [4.78, 5) is 4.81. The SMILES string of the molecule is CC(C)c1ccc2c(n1)CCCCCC2.